The van der Waals surface area contributed by atoms with Crippen LogP contribution in [0.25, 0.3) is 5.69 Å². The van der Waals surface area contributed by atoms with Gasteiger partial charge in [-0.1, -0.05) is 35.5 Å². The molecule has 0 bridgehead atoms. The Hall–Kier alpha value is -3.90. The summed E-state index contributed by atoms with van der Waals surface area (Å²) in [4.78, 5) is 46.5. The second-order valence-corrected chi connectivity index (χ2v) is 9.11. The molecular weight excluding hydrogens is 545 g/mol. The van der Waals surface area contributed by atoms with Gasteiger partial charge in [-0.15, -0.1) is 0 Å². The Morgan fingerprint density at radius 1 is 1.08 bits per heavy atom. The van der Waals surface area contributed by atoms with Gasteiger partial charge < -0.3 is 4.74 Å². The Bertz CT molecular complexity index is 1680. The third-order valence-corrected chi connectivity index (χ3v) is 6.59. The number of carbonyl (C=O) groups excluding carboxylic acids is 1. The number of hydrogen-bond acceptors (Lipinski definition) is 7. The lowest BCUT2D eigenvalue weighted by atomic mass is 10.0. The Kier molecular flexibility index (Phi) is 8.02. The van der Waals surface area contributed by atoms with Crippen molar-refractivity contribution in [3.05, 3.63) is 114 Å². The molecule has 0 radical (unpaired) electrons. The molecule has 8 nitrogen and oxygen atoms in total. The van der Waals surface area contributed by atoms with Crippen LogP contribution in [0.1, 0.15) is 27.0 Å². The summed E-state index contributed by atoms with van der Waals surface area (Å²) in [5.41, 5.74) is -0.953. The molecule has 0 aliphatic heterocycles. The fourth-order valence-corrected chi connectivity index (χ4v) is 4.53. The van der Waals surface area contributed by atoms with Crippen LogP contribution in [0.3, 0.4) is 0 Å². The van der Waals surface area contributed by atoms with Crippen molar-refractivity contribution >= 4 is 29.3 Å². The van der Waals surface area contributed by atoms with Crippen molar-refractivity contribution < 1.29 is 22.7 Å². The van der Waals surface area contributed by atoms with Crippen LogP contribution >= 0.6 is 23.4 Å². The van der Waals surface area contributed by atoms with Gasteiger partial charge >= 0.3 is 17.3 Å². The standard InChI is InChI=1S/C25H18ClF3N4O4S/c1-37-22(34)14-5-3-4-13(6-14)7-16-17(26)10-30-11-21(16)33-23(35)31-24(38-2)32(25(33)36)12-15-8-19(28)20(29)9-18(15)27/h3-6,8-11H,7,12H2,1-2H3. The number of carbonyl (C=O) groups is 1. The van der Waals surface area contributed by atoms with E-state index in [1.807, 2.05) is 0 Å². The van der Waals surface area contributed by atoms with Crippen LogP contribution in [0.4, 0.5) is 13.2 Å². The zero-order chi connectivity index (χ0) is 27.6. The lowest BCUT2D eigenvalue weighted by Crippen LogP contribution is -2.42. The predicted molar refractivity (Wildman–Crippen MR) is 135 cm³/mol. The third kappa shape index (κ3) is 5.36. The molecule has 4 rings (SSSR count). The average molecular weight is 563 g/mol. The van der Waals surface area contributed by atoms with Crippen molar-refractivity contribution in [2.45, 2.75) is 18.1 Å². The third-order valence-electron chi connectivity index (χ3n) is 5.59. The van der Waals surface area contributed by atoms with Crippen molar-refractivity contribution in [2.24, 2.45) is 0 Å². The van der Waals surface area contributed by atoms with Crippen LogP contribution in [-0.4, -0.2) is 38.4 Å². The van der Waals surface area contributed by atoms with Gasteiger partial charge in [0.15, 0.2) is 16.8 Å². The first-order chi connectivity index (χ1) is 18.1. The summed E-state index contributed by atoms with van der Waals surface area (Å²) >= 11 is 7.35. The van der Waals surface area contributed by atoms with Gasteiger partial charge in [0.2, 0.25) is 0 Å². The van der Waals surface area contributed by atoms with E-state index in [4.69, 9.17) is 16.3 Å². The van der Waals surface area contributed by atoms with Crippen LogP contribution in [0.5, 0.6) is 0 Å². The smallest absolute Gasteiger partial charge is 0.358 e. The van der Waals surface area contributed by atoms with E-state index in [9.17, 15) is 27.6 Å². The van der Waals surface area contributed by atoms with E-state index in [1.54, 1.807) is 30.5 Å². The summed E-state index contributed by atoms with van der Waals surface area (Å²) in [7, 11) is 1.25. The van der Waals surface area contributed by atoms with E-state index >= 15 is 0 Å². The van der Waals surface area contributed by atoms with Gasteiger partial charge in [-0.2, -0.15) is 4.98 Å². The number of methoxy groups -OCH3 is 1. The van der Waals surface area contributed by atoms with Gasteiger partial charge in [0.1, 0.15) is 5.82 Å². The van der Waals surface area contributed by atoms with E-state index in [0.717, 1.165) is 20.9 Å². The Morgan fingerprint density at radius 2 is 1.82 bits per heavy atom. The van der Waals surface area contributed by atoms with Gasteiger partial charge in [0, 0.05) is 29.8 Å². The second-order valence-electron chi connectivity index (χ2n) is 7.93. The number of halogens is 4. The fraction of sp³-hybridized carbons (Fsp3) is 0.160. The lowest BCUT2D eigenvalue weighted by molar-refractivity contribution is 0.0600. The van der Waals surface area contributed by atoms with E-state index in [0.29, 0.717) is 23.3 Å². The summed E-state index contributed by atoms with van der Waals surface area (Å²) in [6, 6.07) is 7.51. The minimum atomic E-state index is -1.38. The summed E-state index contributed by atoms with van der Waals surface area (Å²) in [5.74, 6) is -4.29. The van der Waals surface area contributed by atoms with Gasteiger partial charge in [-0.05, 0) is 30.0 Å². The molecule has 0 unspecified atom stereocenters. The molecule has 2 heterocycles. The van der Waals surface area contributed by atoms with Crippen molar-refractivity contribution in [1.29, 1.82) is 0 Å². The maximum absolute atomic E-state index is 14.4. The number of benzene rings is 2. The zero-order valence-electron chi connectivity index (χ0n) is 19.9. The molecule has 0 fully saturated rings. The molecule has 0 saturated carbocycles. The van der Waals surface area contributed by atoms with E-state index in [2.05, 4.69) is 9.97 Å². The molecule has 196 valence electrons. The summed E-state index contributed by atoms with van der Waals surface area (Å²) in [6.45, 7) is -0.532. The Balaban J connectivity index is 1.87. The van der Waals surface area contributed by atoms with Gasteiger partial charge in [0.05, 0.1) is 36.1 Å². The van der Waals surface area contributed by atoms with E-state index in [-0.39, 0.29) is 33.4 Å². The molecule has 2 aromatic heterocycles. The van der Waals surface area contributed by atoms with Crippen molar-refractivity contribution in [3.8, 4) is 5.69 Å². The number of esters is 1. The van der Waals surface area contributed by atoms with Crippen molar-refractivity contribution in [3.63, 3.8) is 0 Å². The van der Waals surface area contributed by atoms with Crippen LogP contribution in [0.15, 0.2) is 63.5 Å². The van der Waals surface area contributed by atoms with Crippen LogP contribution in [-0.2, 0) is 17.7 Å². The van der Waals surface area contributed by atoms with Gasteiger partial charge in [0.25, 0.3) is 0 Å². The lowest BCUT2D eigenvalue weighted by Gasteiger charge is -2.16. The van der Waals surface area contributed by atoms with Gasteiger partial charge in [-0.25, -0.2) is 32.1 Å². The first kappa shape index (κ1) is 27.1. The molecule has 13 heteroatoms. The minimum absolute atomic E-state index is 0.00985. The molecule has 0 spiro atoms. The first-order valence-corrected chi connectivity index (χ1v) is 12.5. The number of pyridine rings is 1. The molecule has 38 heavy (non-hydrogen) atoms. The highest BCUT2D eigenvalue weighted by Crippen LogP contribution is 2.25. The molecule has 0 N–H and O–H groups in total. The zero-order valence-corrected chi connectivity index (χ0v) is 21.4. The summed E-state index contributed by atoms with van der Waals surface area (Å²) < 4.78 is 48.0. The van der Waals surface area contributed by atoms with Crippen LogP contribution < -0.4 is 11.4 Å². The molecule has 0 saturated heterocycles. The average Bonchev–Trinajstić information content (AvgIpc) is 2.90. The molecule has 0 aliphatic carbocycles. The van der Waals surface area contributed by atoms with E-state index in [1.165, 1.54) is 19.5 Å². The topological polar surface area (TPSA) is 96.1 Å². The highest BCUT2D eigenvalue weighted by molar-refractivity contribution is 7.98. The minimum Gasteiger partial charge on any atom is -0.465 e. The molecule has 4 aromatic rings. The molecular formula is C25H18ClF3N4O4S. The van der Waals surface area contributed by atoms with Crippen molar-refractivity contribution in [1.82, 2.24) is 19.1 Å². The largest absolute Gasteiger partial charge is 0.465 e. The van der Waals surface area contributed by atoms with Crippen LogP contribution in [0, 0.1) is 17.5 Å². The maximum Gasteiger partial charge on any atom is 0.358 e. The molecule has 0 atom stereocenters. The summed E-state index contributed by atoms with van der Waals surface area (Å²) in [5, 5.41) is 0.0621. The molecule has 0 aliphatic rings. The quantitative estimate of drug-likeness (QED) is 0.191. The number of rotatable bonds is 7. The molecule has 2 aromatic carbocycles. The highest BCUT2D eigenvalue weighted by atomic mass is 35.5. The summed E-state index contributed by atoms with van der Waals surface area (Å²) in [6.07, 6.45) is 4.21. The number of nitrogens with zero attached hydrogens (tertiary/aromatic N) is 4. The predicted octanol–water partition coefficient (Wildman–Crippen LogP) is 4.01. The van der Waals surface area contributed by atoms with Crippen molar-refractivity contribution in [2.75, 3.05) is 13.4 Å². The normalized spacial score (nSPS) is 11.0. The van der Waals surface area contributed by atoms with E-state index < -0.39 is 41.3 Å². The number of thioether (sulfide) groups is 1. The van der Waals surface area contributed by atoms with Gasteiger partial charge in [-0.3, -0.25) is 9.55 Å². The number of hydrogen-bond donors (Lipinski definition) is 0. The number of aromatic nitrogens is 4. The fourth-order valence-electron chi connectivity index (χ4n) is 3.78. The monoisotopic (exact) mass is 562 g/mol. The Morgan fingerprint density at radius 3 is 2.53 bits per heavy atom. The molecule has 0 amide bonds. The maximum atomic E-state index is 14.4. The first-order valence-electron chi connectivity index (χ1n) is 10.9. The second kappa shape index (κ2) is 11.2. The van der Waals surface area contributed by atoms with Crippen LogP contribution in [0.2, 0.25) is 5.02 Å². The number of ether oxygens (including phenoxy) is 1. The SMILES string of the molecule is COC(=O)c1cccc(Cc2c(Cl)cncc2-n2c(=O)nc(SC)n(Cc3cc(F)c(F)cc3F)c2=O)c1. The highest BCUT2D eigenvalue weighted by Gasteiger charge is 2.21. The Labute approximate surface area is 222 Å².